The molecule has 0 saturated heterocycles. The number of carbonyl (C=O) groups is 2. The smallest absolute Gasteiger partial charge is 0.371 e. The molecule has 2 amide bonds. The summed E-state index contributed by atoms with van der Waals surface area (Å²) in [6.45, 7) is 1.97. The monoisotopic (exact) mass is 308 g/mol. The fourth-order valence-electron chi connectivity index (χ4n) is 1.64. The maximum absolute atomic E-state index is 11.7. The van der Waals surface area contributed by atoms with E-state index in [1.165, 1.54) is 12.1 Å². The van der Waals surface area contributed by atoms with Crippen molar-refractivity contribution in [2.75, 3.05) is 5.32 Å². The molecule has 21 heavy (non-hydrogen) atoms. The van der Waals surface area contributed by atoms with Crippen LogP contribution in [0.5, 0.6) is 0 Å². The van der Waals surface area contributed by atoms with Gasteiger partial charge in [-0.25, -0.2) is 9.59 Å². The van der Waals surface area contributed by atoms with Gasteiger partial charge in [-0.15, -0.1) is 0 Å². The second-order valence-corrected chi connectivity index (χ2v) is 4.77. The van der Waals surface area contributed by atoms with Crippen molar-refractivity contribution in [3.8, 4) is 0 Å². The molecule has 1 aromatic heterocycles. The number of aromatic carboxylic acids is 1. The first-order chi connectivity index (χ1) is 9.95. The maximum Gasteiger partial charge on any atom is 0.371 e. The molecule has 0 saturated carbocycles. The van der Waals surface area contributed by atoms with Crippen molar-refractivity contribution in [3.63, 3.8) is 0 Å². The van der Waals surface area contributed by atoms with Gasteiger partial charge in [0.2, 0.25) is 5.76 Å². The molecule has 1 heterocycles. The normalized spacial score (nSPS) is 10.2. The molecule has 0 aliphatic rings. The van der Waals surface area contributed by atoms with Crippen LogP contribution in [-0.4, -0.2) is 17.1 Å². The minimum absolute atomic E-state index is 0.0720. The third-order valence-electron chi connectivity index (χ3n) is 2.67. The Labute approximate surface area is 125 Å². The number of carbonyl (C=O) groups excluding carboxylic acids is 1. The molecule has 0 radical (unpaired) electrons. The van der Waals surface area contributed by atoms with Crippen molar-refractivity contribution in [2.24, 2.45) is 0 Å². The maximum atomic E-state index is 11.7. The van der Waals surface area contributed by atoms with Crippen LogP contribution in [0, 0.1) is 6.92 Å². The van der Waals surface area contributed by atoms with Crippen LogP contribution in [0.2, 0.25) is 5.02 Å². The summed E-state index contributed by atoms with van der Waals surface area (Å²) in [5.74, 6) is -0.983. The fourth-order valence-corrected chi connectivity index (χ4v) is 1.93. The highest BCUT2D eigenvalue weighted by atomic mass is 35.5. The quantitative estimate of drug-likeness (QED) is 0.808. The number of nitrogens with one attached hydrogen (secondary N) is 2. The van der Waals surface area contributed by atoms with Crippen LogP contribution in [0.15, 0.2) is 34.7 Å². The number of furan rings is 1. The molecule has 3 N–H and O–H groups in total. The van der Waals surface area contributed by atoms with E-state index >= 15 is 0 Å². The summed E-state index contributed by atoms with van der Waals surface area (Å²) in [6.07, 6.45) is 0. The van der Waals surface area contributed by atoms with E-state index < -0.39 is 12.0 Å². The van der Waals surface area contributed by atoms with E-state index in [0.717, 1.165) is 5.56 Å². The Balaban J connectivity index is 1.91. The number of halogens is 1. The first kappa shape index (κ1) is 14.9. The van der Waals surface area contributed by atoms with E-state index in [-0.39, 0.29) is 12.3 Å². The SMILES string of the molecule is Cc1ccc(NC(=O)NCc2ccc(C(=O)O)o2)c(Cl)c1. The largest absolute Gasteiger partial charge is 0.475 e. The number of hydrogen-bond acceptors (Lipinski definition) is 3. The van der Waals surface area contributed by atoms with Crippen LogP contribution in [0.25, 0.3) is 0 Å². The number of carboxylic acid groups (broad SMARTS) is 1. The molecule has 0 fully saturated rings. The highest BCUT2D eigenvalue weighted by Gasteiger charge is 2.10. The van der Waals surface area contributed by atoms with Crippen LogP contribution in [0.3, 0.4) is 0 Å². The Morgan fingerprint density at radius 2 is 2.05 bits per heavy atom. The first-order valence-electron chi connectivity index (χ1n) is 6.08. The Morgan fingerprint density at radius 1 is 1.29 bits per heavy atom. The number of rotatable bonds is 4. The Morgan fingerprint density at radius 3 is 2.67 bits per heavy atom. The Bertz CT molecular complexity index is 681. The van der Waals surface area contributed by atoms with E-state index in [1.807, 2.05) is 13.0 Å². The molecule has 0 aliphatic heterocycles. The summed E-state index contributed by atoms with van der Waals surface area (Å²) < 4.78 is 5.02. The third kappa shape index (κ3) is 4.00. The van der Waals surface area contributed by atoms with Gasteiger partial charge < -0.3 is 20.2 Å². The number of hydrogen-bond donors (Lipinski definition) is 3. The number of aryl methyl sites for hydroxylation is 1. The van der Waals surface area contributed by atoms with Crippen molar-refractivity contribution in [2.45, 2.75) is 13.5 Å². The molecule has 0 unspecified atom stereocenters. The molecule has 110 valence electrons. The van der Waals surface area contributed by atoms with Gasteiger partial charge in [0.1, 0.15) is 5.76 Å². The Kier molecular flexibility index (Phi) is 4.49. The number of urea groups is 1. The van der Waals surface area contributed by atoms with Crippen molar-refractivity contribution in [1.82, 2.24) is 5.32 Å². The van der Waals surface area contributed by atoms with Gasteiger partial charge in [0, 0.05) is 0 Å². The summed E-state index contributed by atoms with van der Waals surface area (Å²) in [4.78, 5) is 22.4. The minimum atomic E-state index is -1.16. The van der Waals surface area contributed by atoms with Crippen LogP contribution in [0.4, 0.5) is 10.5 Å². The average Bonchev–Trinajstić information content (AvgIpc) is 2.89. The lowest BCUT2D eigenvalue weighted by molar-refractivity contribution is 0.0660. The lowest BCUT2D eigenvalue weighted by atomic mass is 10.2. The summed E-state index contributed by atoms with van der Waals surface area (Å²) in [7, 11) is 0. The molecule has 0 spiro atoms. The minimum Gasteiger partial charge on any atom is -0.475 e. The number of anilines is 1. The topological polar surface area (TPSA) is 91.6 Å². The van der Waals surface area contributed by atoms with Crippen LogP contribution in [0.1, 0.15) is 21.9 Å². The number of carboxylic acids is 1. The molecule has 0 atom stereocenters. The molecule has 6 nitrogen and oxygen atoms in total. The van der Waals surface area contributed by atoms with E-state index in [2.05, 4.69) is 10.6 Å². The predicted molar refractivity (Wildman–Crippen MR) is 77.7 cm³/mol. The zero-order valence-corrected chi connectivity index (χ0v) is 11.9. The van der Waals surface area contributed by atoms with Crippen molar-refractivity contribution in [3.05, 3.63) is 52.4 Å². The molecular formula is C14H13ClN2O4. The van der Waals surface area contributed by atoms with Crippen molar-refractivity contribution >= 4 is 29.3 Å². The van der Waals surface area contributed by atoms with Crippen LogP contribution >= 0.6 is 11.6 Å². The van der Waals surface area contributed by atoms with Gasteiger partial charge in [0.25, 0.3) is 0 Å². The Hall–Kier alpha value is -2.47. The fraction of sp³-hybridized carbons (Fsp3) is 0.143. The molecule has 1 aromatic carbocycles. The molecular weight excluding hydrogens is 296 g/mol. The first-order valence-corrected chi connectivity index (χ1v) is 6.46. The van der Waals surface area contributed by atoms with E-state index in [0.29, 0.717) is 16.5 Å². The zero-order valence-electron chi connectivity index (χ0n) is 11.1. The second-order valence-electron chi connectivity index (χ2n) is 4.36. The number of benzene rings is 1. The molecule has 2 aromatic rings. The highest BCUT2D eigenvalue weighted by molar-refractivity contribution is 6.33. The summed E-state index contributed by atoms with van der Waals surface area (Å²) in [6, 6.07) is 7.62. The molecule has 0 aliphatic carbocycles. The van der Waals surface area contributed by atoms with E-state index in [4.69, 9.17) is 21.1 Å². The second kappa shape index (κ2) is 6.32. The summed E-state index contributed by atoms with van der Waals surface area (Å²) in [5.41, 5.74) is 1.48. The van der Waals surface area contributed by atoms with Crippen molar-refractivity contribution < 1.29 is 19.1 Å². The highest BCUT2D eigenvalue weighted by Crippen LogP contribution is 2.22. The average molecular weight is 309 g/mol. The standard InChI is InChI=1S/C14H13ClN2O4/c1-8-2-4-11(10(15)6-8)17-14(20)16-7-9-3-5-12(21-9)13(18)19/h2-6H,7H2,1H3,(H,18,19)(H2,16,17,20). The van der Waals surface area contributed by atoms with Crippen LogP contribution < -0.4 is 10.6 Å². The van der Waals surface area contributed by atoms with Gasteiger partial charge in [-0.2, -0.15) is 0 Å². The van der Waals surface area contributed by atoms with E-state index in [9.17, 15) is 9.59 Å². The van der Waals surface area contributed by atoms with Gasteiger partial charge in [-0.3, -0.25) is 0 Å². The lowest BCUT2D eigenvalue weighted by Crippen LogP contribution is -2.28. The van der Waals surface area contributed by atoms with Crippen LogP contribution in [-0.2, 0) is 6.54 Å². The summed E-state index contributed by atoms with van der Waals surface area (Å²) in [5, 5.41) is 14.3. The van der Waals surface area contributed by atoms with E-state index in [1.54, 1.807) is 12.1 Å². The van der Waals surface area contributed by atoms with Gasteiger partial charge in [0.15, 0.2) is 0 Å². The molecule has 7 heteroatoms. The number of amides is 2. The third-order valence-corrected chi connectivity index (χ3v) is 2.98. The lowest BCUT2D eigenvalue weighted by Gasteiger charge is -2.08. The zero-order chi connectivity index (χ0) is 15.4. The van der Waals surface area contributed by atoms with Gasteiger partial charge in [-0.05, 0) is 36.8 Å². The van der Waals surface area contributed by atoms with Crippen molar-refractivity contribution in [1.29, 1.82) is 0 Å². The predicted octanol–water partition coefficient (Wildman–Crippen LogP) is 3.26. The van der Waals surface area contributed by atoms with Gasteiger partial charge >= 0.3 is 12.0 Å². The summed E-state index contributed by atoms with van der Waals surface area (Å²) >= 11 is 6.00. The van der Waals surface area contributed by atoms with Gasteiger partial charge in [0.05, 0.1) is 17.3 Å². The van der Waals surface area contributed by atoms with Gasteiger partial charge in [-0.1, -0.05) is 17.7 Å². The molecule has 0 bridgehead atoms. The molecule has 2 rings (SSSR count).